The zero-order chi connectivity index (χ0) is 22.2. The van der Waals surface area contributed by atoms with Crippen molar-refractivity contribution in [2.45, 2.75) is 6.54 Å². The van der Waals surface area contributed by atoms with Crippen molar-refractivity contribution in [3.05, 3.63) is 88.5 Å². The van der Waals surface area contributed by atoms with Crippen LogP contribution in [0.4, 0.5) is 8.78 Å². The van der Waals surface area contributed by atoms with E-state index in [4.69, 9.17) is 4.74 Å². The number of nitrogens with one attached hydrogen (secondary N) is 1. The van der Waals surface area contributed by atoms with Gasteiger partial charge in [-0.3, -0.25) is 9.51 Å². The largest absolute Gasteiger partial charge is 0.497 e. The third-order valence-corrected chi connectivity index (χ3v) is 5.12. The highest BCUT2D eigenvalue weighted by atomic mass is 19.1. The van der Waals surface area contributed by atoms with E-state index in [-0.39, 0.29) is 17.9 Å². The zero-order valence-corrected chi connectivity index (χ0v) is 16.8. The number of nitrogens with zero attached hydrogens (tertiary/aromatic N) is 3. The number of ether oxygens (including phenoxy) is 1. The number of pyridine rings is 1. The van der Waals surface area contributed by atoms with Gasteiger partial charge in [0, 0.05) is 16.5 Å². The van der Waals surface area contributed by atoms with Gasteiger partial charge in [-0.1, -0.05) is 11.2 Å². The summed E-state index contributed by atoms with van der Waals surface area (Å²) in [6.45, 7) is 0.261. The molecule has 0 bridgehead atoms. The number of methoxy groups -OCH3 is 1. The first-order valence-electron chi connectivity index (χ1n) is 9.67. The number of halogens is 2. The third kappa shape index (κ3) is 3.53. The quantitative estimate of drug-likeness (QED) is 0.444. The fraction of sp³-hybridized carbons (Fsp3) is 0.0870. The summed E-state index contributed by atoms with van der Waals surface area (Å²) in [4.78, 5) is 18.3. The van der Waals surface area contributed by atoms with Crippen LogP contribution in [0.25, 0.3) is 33.7 Å². The Labute approximate surface area is 179 Å². The summed E-state index contributed by atoms with van der Waals surface area (Å²) in [5.41, 5.74) is 2.47. The second kappa shape index (κ2) is 7.77. The summed E-state index contributed by atoms with van der Waals surface area (Å²) in [7, 11) is 1.56. The molecule has 32 heavy (non-hydrogen) atoms. The molecule has 0 unspecified atom stereocenters. The van der Waals surface area contributed by atoms with Gasteiger partial charge in [-0.25, -0.2) is 18.6 Å². The molecule has 0 aliphatic carbocycles. The minimum atomic E-state index is -0.679. The van der Waals surface area contributed by atoms with E-state index in [1.807, 2.05) is 16.7 Å². The molecule has 5 aromatic rings. The van der Waals surface area contributed by atoms with Crippen LogP contribution in [0.1, 0.15) is 5.69 Å². The number of benzene rings is 2. The van der Waals surface area contributed by atoms with Gasteiger partial charge in [0.15, 0.2) is 0 Å². The van der Waals surface area contributed by atoms with Gasteiger partial charge in [0.2, 0.25) is 5.82 Å². The lowest BCUT2D eigenvalue weighted by Crippen LogP contribution is -2.05. The Morgan fingerprint density at radius 1 is 1.09 bits per heavy atom. The number of aromatic amines is 1. The SMILES string of the molecule is COc1ccc2c(c1)cc(-c1cc(F)ccc1F)n2Cc1cccc(-c2noc(=O)[nH]2)n1. The van der Waals surface area contributed by atoms with Crippen molar-refractivity contribution in [3.63, 3.8) is 0 Å². The van der Waals surface area contributed by atoms with Crippen LogP contribution in [0.3, 0.4) is 0 Å². The van der Waals surface area contributed by atoms with Crippen LogP contribution in [-0.2, 0) is 6.54 Å². The molecule has 0 aliphatic heterocycles. The fourth-order valence-electron chi connectivity index (χ4n) is 3.66. The minimum Gasteiger partial charge on any atom is -0.497 e. The van der Waals surface area contributed by atoms with E-state index in [1.54, 1.807) is 37.4 Å². The summed E-state index contributed by atoms with van der Waals surface area (Å²) in [6, 6.07) is 15.9. The number of H-pyrrole nitrogens is 1. The minimum absolute atomic E-state index is 0.136. The first-order chi connectivity index (χ1) is 15.5. The van der Waals surface area contributed by atoms with Crippen molar-refractivity contribution in [1.82, 2.24) is 19.7 Å². The van der Waals surface area contributed by atoms with Gasteiger partial charge in [0.25, 0.3) is 0 Å². The molecule has 3 heterocycles. The van der Waals surface area contributed by atoms with Crippen LogP contribution in [-0.4, -0.2) is 26.8 Å². The van der Waals surface area contributed by atoms with Crippen LogP contribution in [0, 0.1) is 11.6 Å². The smallest absolute Gasteiger partial charge is 0.439 e. The van der Waals surface area contributed by atoms with Gasteiger partial charge >= 0.3 is 5.76 Å². The molecule has 7 nitrogen and oxygen atoms in total. The van der Waals surface area contributed by atoms with Crippen LogP contribution in [0.2, 0.25) is 0 Å². The van der Waals surface area contributed by atoms with Gasteiger partial charge in [-0.15, -0.1) is 0 Å². The summed E-state index contributed by atoms with van der Waals surface area (Å²) >= 11 is 0. The molecule has 2 aromatic carbocycles. The molecule has 0 spiro atoms. The second-order valence-electron chi connectivity index (χ2n) is 7.12. The summed E-state index contributed by atoms with van der Waals surface area (Å²) in [5.74, 6) is -0.900. The van der Waals surface area contributed by atoms with Crippen molar-refractivity contribution in [2.24, 2.45) is 0 Å². The standard InChI is InChI=1S/C23H16F2N4O3/c1-31-16-6-8-20-13(9-16)10-21(17-11-14(24)5-7-18(17)25)29(20)12-15-3-2-4-19(26-15)22-27-23(30)32-28-22/h2-11H,12H2,1H3,(H,27,28,30). The Balaban J connectivity index is 1.66. The summed E-state index contributed by atoms with van der Waals surface area (Å²) < 4.78 is 40.3. The van der Waals surface area contributed by atoms with E-state index in [2.05, 4.69) is 19.6 Å². The molecule has 5 rings (SSSR count). The number of rotatable bonds is 5. The van der Waals surface area contributed by atoms with Gasteiger partial charge < -0.3 is 9.30 Å². The van der Waals surface area contributed by atoms with Gasteiger partial charge in [-0.05, 0) is 54.6 Å². The summed E-state index contributed by atoms with van der Waals surface area (Å²) in [6.07, 6.45) is 0. The predicted molar refractivity (Wildman–Crippen MR) is 113 cm³/mol. The van der Waals surface area contributed by atoms with E-state index in [0.29, 0.717) is 22.8 Å². The average molecular weight is 434 g/mol. The lowest BCUT2D eigenvalue weighted by Gasteiger charge is -2.12. The van der Waals surface area contributed by atoms with E-state index >= 15 is 0 Å². The Morgan fingerprint density at radius 3 is 2.75 bits per heavy atom. The topological polar surface area (TPSA) is 85.9 Å². The molecule has 9 heteroatoms. The molecule has 0 fully saturated rings. The van der Waals surface area contributed by atoms with E-state index in [1.165, 1.54) is 6.07 Å². The average Bonchev–Trinajstić information content (AvgIpc) is 3.39. The zero-order valence-electron chi connectivity index (χ0n) is 16.8. The maximum atomic E-state index is 14.7. The van der Waals surface area contributed by atoms with E-state index in [0.717, 1.165) is 23.0 Å². The van der Waals surface area contributed by atoms with Crippen molar-refractivity contribution >= 4 is 10.9 Å². The first-order valence-corrected chi connectivity index (χ1v) is 9.67. The van der Waals surface area contributed by atoms with Gasteiger partial charge in [0.1, 0.15) is 23.1 Å². The molecule has 0 aliphatic rings. The number of hydrogen-bond donors (Lipinski definition) is 1. The maximum Gasteiger partial charge on any atom is 0.439 e. The predicted octanol–water partition coefficient (Wildman–Crippen LogP) is 4.38. The Bertz CT molecular complexity index is 1500. The van der Waals surface area contributed by atoms with Crippen LogP contribution < -0.4 is 10.5 Å². The lowest BCUT2D eigenvalue weighted by molar-refractivity contribution is 0.387. The number of fused-ring (bicyclic) bond motifs is 1. The van der Waals surface area contributed by atoms with Crippen LogP contribution in [0.5, 0.6) is 5.75 Å². The monoisotopic (exact) mass is 434 g/mol. The van der Waals surface area contributed by atoms with E-state index in [9.17, 15) is 13.6 Å². The van der Waals surface area contributed by atoms with Crippen LogP contribution in [0.15, 0.2) is 70.0 Å². The molecule has 0 radical (unpaired) electrons. The van der Waals surface area contributed by atoms with Gasteiger partial charge in [0.05, 0.1) is 25.0 Å². The van der Waals surface area contributed by atoms with Crippen molar-refractivity contribution in [1.29, 1.82) is 0 Å². The number of aromatic nitrogens is 4. The molecule has 0 saturated carbocycles. The van der Waals surface area contributed by atoms with Gasteiger partial charge in [-0.2, -0.15) is 0 Å². The van der Waals surface area contributed by atoms with Crippen molar-refractivity contribution in [3.8, 4) is 28.5 Å². The Hall–Kier alpha value is -4.27. The highest BCUT2D eigenvalue weighted by Crippen LogP contribution is 2.33. The molecular weight excluding hydrogens is 418 g/mol. The summed E-state index contributed by atoms with van der Waals surface area (Å²) in [5, 5.41) is 4.47. The number of hydrogen-bond acceptors (Lipinski definition) is 5. The second-order valence-corrected chi connectivity index (χ2v) is 7.12. The highest BCUT2D eigenvalue weighted by molar-refractivity contribution is 5.88. The third-order valence-electron chi connectivity index (χ3n) is 5.12. The Kier molecular flexibility index (Phi) is 4.78. The van der Waals surface area contributed by atoms with E-state index < -0.39 is 17.4 Å². The Morgan fingerprint density at radius 2 is 1.97 bits per heavy atom. The molecule has 0 saturated heterocycles. The van der Waals surface area contributed by atoms with Crippen LogP contribution >= 0.6 is 0 Å². The molecule has 160 valence electrons. The maximum absolute atomic E-state index is 14.7. The normalized spacial score (nSPS) is 11.2. The molecular formula is C23H16F2N4O3. The first kappa shape index (κ1) is 19.7. The van der Waals surface area contributed by atoms with Crippen molar-refractivity contribution in [2.75, 3.05) is 7.11 Å². The lowest BCUT2D eigenvalue weighted by atomic mass is 10.1. The molecule has 1 N–H and O–H groups in total. The molecule has 3 aromatic heterocycles. The van der Waals surface area contributed by atoms with Crippen molar-refractivity contribution < 1.29 is 18.0 Å². The fourth-order valence-corrected chi connectivity index (χ4v) is 3.66. The molecule has 0 amide bonds. The highest BCUT2D eigenvalue weighted by Gasteiger charge is 2.17. The molecule has 0 atom stereocenters.